The monoisotopic (exact) mass is 235 g/mol. The van der Waals surface area contributed by atoms with Gasteiger partial charge >= 0.3 is 0 Å². The van der Waals surface area contributed by atoms with Gasteiger partial charge in [0.15, 0.2) is 0 Å². The number of H-pyrrole nitrogens is 1. The summed E-state index contributed by atoms with van der Waals surface area (Å²) in [4.78, 5) is 20.6. The number of nitrogens with one attached hydrogen (secondary N) is 1. The van der Waals surface area contributed by atoms with Gasteiger partial charge in [-0.15, -0.1) is 0 Å². The highest BCUT2D eigenvalue weighted by Gasteiger charge is 2.13. The molecule has 0 bridgehead atoms. The largest absolute Gasteiger partial charge is 0.334 e. The maximum atomic E-state index is 12.9. The first-order valence-electron chi connectivity index (χ1n) is 4.88. The van der Waals surface area contributed by atoms with Crippen molar-refractivity contribution in [2.75, 3.05) is 7.05 Å². The third-order valence-corrected chi connectivity index (χ3v) is 2.17. The first kappa shape index (κ1) is 11.2. The summed E-state index contributed by atoms with van der Waals surface area (Å²) in [6, 6.07) is 2.56. The van der Waals surface area contributed by atoms with Gasteiger partial charge in [-0.2, -0.15) is 9.49 Å². The summed E-state index contributed by atoms with van der Waals surface area (Å²) < 4.78 is 12.9. The molecule has 0 aliphatic rings. The van der Waals surface area contributed by atoms with Gasteiger partial charge in [-0.1, -0.05) is 0 Å². The van der Waals surface area contributed by atoms with Crippen molar-refractivity contribution in [1.29, 1.82) is 0 Å². The van der Waals surface area contributed by atoms with E-state index in [2.05, 4.69) is 20.2 Å². The van der Waals surface area contributed by atoms with Crippen LogP contribution >= 0.6 is 0 Å². The molecule has 2 heterocycles. The Labute approximate surface area is 96.5 Å². The number of nitrogens with zero attached hydrogens (tertiary/aromatic N) is 4. The minimum Gasteiger partial charge on any atom is -0.334 e. The van der Waals surface area contributed by atoms with E-state index in [0.29, 0.717) is 5.82 Å². The lowest BCUT2D eigenvalue weighted by molar-refractivity contribution is 0.0781. The van der Waals surface area contributed by atoms with Crippen LogP contribution in [0.5, 0.6) is 0 Å². The van der Waals surface area contributed by atoms with Crippen LogP contribution in [-0.2, 0) is 6.54 Å². The van der Waals surface area contributed by atoms with Gasteiger partial charge in [-0.25, -0.2) is 9.97 Å². The number of pyridine rings is 1. The molecule has 0 aliphatic carbocycles. The maximum absolute atomic E-state index is 12.9. The van der Waals surface area contributed by atoms with E-state index in [4.69, 9.17) is 0 Å². The molecule has 0 aromatic carbocycles. The summed E-state index contributed by atoms with van der Waals surface area (Å²) in [5.41, 5.74) is 0.250. The van der Waals surface area contributed by atoms with Crippen LogP contribution in [0.1, 0.15) is 16.2 Å². The van der Waals surface area contributed by atoms with E-state index >= 15 is 0 Å². The maximum Gasteiger partial charge on any atom is 0.254 e. The Bertz CT molecular complexity index is 513. The zero-order valence-electron chi connectivity index (χ0n) is 9.09. The second-order valence-corrected chi connectivity index (χ2v) is 3.46. The van der Waals surface area contributed by atoms with Crippen LogP contribution in [0.3, 0.4) is 0 Å². The molecule has 6 nitrogen and oxygen atoms in total. The molecule has 88 valence electrons. The van der Waals surface area contributed by atoms with Crippen LogP contribution in [0.2, 0.25) is 0 Å². The standard InChI is InChI=1S/C10H10FN5O/c1-16(5-9-13-6-14-15-9)10(17)7-2-3-12-8(11)4-7/h2-4,6H,5H2,1H3,(H,13,14,15). The summed E-state index contributed by atoms with van der Waals surface area (Å²) in [6.45, 7) is 0.281. The molecule has 0 saturated heterocycles. The average molecular weight is 235 g/mol. The molecule has 0 aliphatic heterocycles. The molecule has 2 aromatic rings. The first-order valence-corrected chi connectivity index (χ1v) is 4.88. The number of carbonyl (C=O) groups is 1. The summed E-state index contributed by atoms with van der Waals surface area (Å²) in [6.07, 6.45) is 2.62. The van der Waals surface area contributed by atoms with Crippen LogP contribution in [0.4, 0.5) is 4.39 Å². The van der Waals surface area contributed by atoms with E-state index < -0.39 is 5.95 Å². The van der Waals surface area contributed by atoms with Crippen molar-refractivity contribution in [3.63, 3.8) is 0 Å². The zero-order chi connectivity index (χ0) is 12.3. The van der Waals surface area contributed by atoms with E-state index in [1.807, 2.05) is 0 Å². The van der Waals surface area contributed by atoms with Gasteiger partial charge in [0.05, 0.1) is 6.54 Å². The van der Waals surface area contributed by atoms with Gasteiger partial charge in [0, 0.05) is 24.9 Å². The Balaban J connectivity index is 2.09. The molecule has 0 atom stereocenters. The van der Waals surface area contributed by atoms with Crippen molar-refractivity contribution >= 4 is 5.91 Å². The summed E-state index contributed by atoms with van der Waals surface area (Å²) in [5.74, 6) is -0.415. The lowest BCUT2D eigenvalue weighted by Gasteiger charge is -2.15. The van der Waals surface area contributed by atoms with E-state index in [1.54, 1.807) is 7.05 Å². The molecule has 0 saturated carbocycles. The molecule has 17 heavy (non-hydrogen) atoms. The van der Waals surface area contributed by atoms with Crippen molar-refractivity contribution in [2.45, 2.75) is 6.54 Å². The van der Waals surface area contributed by atoms with Crippen LogP contribution < -0.4 is 0 Å². The number of carbonyl (C=O) groups excluding carboxylic acids is 1. The molecule has 2 aromatic heterocycles. The molecular formula is C10H10FN5O. The number of hydrogen-bond donors (Lipinski definition) is 1. The molecule has 1 amide bonds. The topological polar surface area (TPSA) is 74.8 Å². The molecular weight excluding hydrogens is 225 g/mol. The Hall–Kier alpha value is -2.31. The third kappa shape index (κ3) is 2.63. The van der Waals surface area contributed by atoms with Crippen molar-refractivity contribution in [2.24, 2.45) is 0 Å². The molecule has 1 N–H and O–H groups in total. The molecule has 7 heteroatoms. The Morgan fingerprint density at radius 1 is 1.53 bits per heavy atom. The predicted molar refractivity (Wildman–Crippen MR) is 56.4 cm³/mol. The van der Waals surface area contributed by atoms with E-state index in [-0.39, 0.29) is 18.0 Å². The van der Waals surface area contributed by atoms with Crippen LogP contribution in [0, 0.1) is 5.95 Å². The number of halogens is 1. The summed E-state index contributed by atoms with van der Waals surface area (Å²) >= 11 is 0. The van der Waals surface area contributed by atoms with Crippen molar-refractivity contribution in [1.82, 2.24) is 25.1 Å². The minimum atomic E-state index is -0.677. The zero-order valence-corrected chi connectivity index (χ0v) is 9.09. The van der Waals surface area contributed by atoms with Crippen molar-refractivity contribution in [3.8, 4) is 0 Å². The van der Waals surface area contributed by atoms with Gasteiger partial charge in [-0.05, 0) is 6.07 Å². The Morgan fingerprint density at radius 2 is 2.35 bits per heavy atom. The SMILES string of the molecule is CN(Cc1ncn[nH]1)C(=O)c1ccnc(F)c1. The normalized spacial score (nSPS) is 10.2. The fourth-order valence-corrected chi connectivity index (χ4v) is 1.36. The summed E-state index contributed by atoms with van der Waals surface area (Å²) in [7, 11) is 1.60. The summed E-state index contributed by atoms with van der Waals surface area (Å²) in [5, 5.41) is 6.32. The van der Waals surface area contributed by atoms with Gasteiger partial charge in [0.2, 0.25) is 5.95 Å². The molecule has 0 radical (unpaired) electrons. The quantitative estimate of drug-likeness (QED) is 0.791. The molecule has 2 rings (SSSR count). The Kier molecular flexibility index (Phi) is 3.08. The van der Waals surface area contributed by atoms with E-state index in [1.165, 1.54) is 23.5 Å². The number of rotatable bonds is 3. The highest BCUT2D eigenvalue weighted by atomic mass is 19.1. The Morgan fingerprint density at radius 3 is 3.00 bits per heavy atom. The smallest absolute Gasteiger partial charge is 0.254 e. The van der Waals surface area contributed by atoms with Gasteiger partial charge in [0.1, 0.15) is 12.2 Å². The van der Waals surface area contributed by atoms with Gasteiger partial charge < -0.3 is 4.90 Å². The second-order valence-electron chi connectivity index (χ2n) is 3.46. The average Bonchev–Trinajstić information content (AvgIpc) is 2.80. The minimum absolute atomic E-state index is 0.250. The van der Waals surface area contributed by atoms with Crippen molar-refractivity contribution in [3.05, 3.63) is 42.0 Å². The van der Waals surface area contributed by atoms with Crippen LogP contribution in [-0.4, -0.2) is 38.0 Å². The predicted octanol–water partition coefficient (Wildman–Crippen LogP) is 0.611. The second kappa shape index (κ2) is 4.69. The fourth-order valence-electron chi connectivity index (χ4n) is 1.36. The number of hydrogen-bond acceptors (Lipinski definition) is 4. The molecule has 0 fully saturated rings. The van der Waals surface area contributed by atoms with E-state index in [0.717, 1.165) is 6.07 Å². The van der Waals surface area contributed by atoms with Crippen molar-refractivity contribution < 1.29 is 9.18 Å². The van der Waals surface area contributed by atoms with Crippen LogP contribution in [0.25, 0.3) is 0 Å². The fraction of sp³-hybridized carbons (Fsp3) is 0.200. The third-order valence-electron chi connectivity index (χ3n) is 2.17. The number of aromatic amines is 1. The van der Waals surface area contributed by atoms with Gasteiger partial charge in [-0.3, -0.25) is 9.89 Å². The lowest BCUT2D eigenvalue weighted by atomic mass is 10.2. The molecule has 0 unspecified atom stereocenters. The highest BCUT2D eigenvalue weighted by Crippen LogP contribution is 2.06. The number of amides is 1. The van der Waals surface area contributed by atoms with E-state index in [9.17, 15) is 9.18 Å². The first-order chi connectivity index (χ1) is 8.16. The molecule has 0 spiro atoms. The highest BCUT2D eigenvalue weighted by molar-refractivity contribution is 5.93. The van der Waals surface area contributed by atoms with Crippen LogP contribution in [0.15, 0.2) is 24.7 Å². The number of aromatic nitrogens is 4. The van der Waals surface area contributed by atoms with Gasteiger partial charge in [0.25, 0.3) is 5.91 Å². The lowest BCUT2D eigenvalue weighted by Crippen LogP contribution is -2.26.